The molecular weight excluding hydrogens is 386 g/mol. The number of hydrogen-bond acceptors (Lipinski definition) is 4. The minimum absolute atomic E-state index is 0.114. The molecular formula is C22H31N3O3S. The van der Waals surface area contributed by atoms with Crippen LogP contribution in [0.15, 0.2) is 24.3 Å². The maximum atomic E-state index is 13.5. The Labute approximate surface area is 174 Å². The first-order valence-electron chi connectivity index (χ1n) is 10.7. The zero-order chi connectivity index (χ0) is 20.9. The van der Waals surface area contributed by atoms with E-state index in [2.05, 4.69) is 0 Å². The van der Waals surface area contributed by atoms with E-state index in [9.17, 15) is 13.2 Å². The predicted molar refractivity (Wildman–Crippen MR) is 114 cm³/mol. The van der Waals surface area contributed by atoms with Gasteiger partial charge in [-0.2, -0.15) is 5.26 Å². The molecule has 1 aromatic carbocycles. The van der Waals surface area contributed by atoms with Crippen LogP contribution in [0.2, 0.25) is 0 Å². The number of nitrogens with zero attached hydrogens (tertiary/aromatic N) is 3. The molecule has 29 heavy (non-hydrogen) atoms. The van der Waals surface area contributed by atoms with Crippen LogP contribution in [0, 0.1) is 11.3 Å². The third-order valence-corrected chi connectivity index (χ3v) is 7.31. The van der Waals surface area contributed by atoms with Crippen LogP contribution in [-0.4, -0.2) is 44.1 Å². The molecule has 0 bridgehead atoms. The Kier molecular flexibility index (Phi) is 7.18. The molecule has 0 aliphatic heterocycles. The molecule has 2 aliphatic rings. The van der Waals surface area contributed by atoms with Gasteiger partial charge in [0, 0.05) is 12.1 Å². The highest BCUT2D eigenvalue weighted by Crippen LogP contribution is 2.31. The summed E-state index contributed by atoms with van der Waals surface area (Å²) in [6.07, 6.45) is 12.1. The van der Waals surface area contributed by atoms with Crippen molar-refractivity contribution in [1.82, 2.24) is 4.90 Å². The van der Waals surface area contributed by atoms with Crippen LogP contribution in [0.5, 0.6) is 0 Å². The van der Waals surface area contributed by atoms with Gasteiger partial charge in [0.25, 0.3) is 0 Å². The second kappa shape index (κ2) is 9.62. The third kappa shape index (κ3) is 5.51. The first-order valence-corrected chi connectivity index (χ1v) is 12.5. The highest BCUT2D eigenvalue weighted by atomic mass is 32.2. The van der Waals surface area contributed by atoms with E-state index in [4.69, 9.17) is 5.26 Å². The lowest BCUT2D eigenvalue weighted by molar-refractivity contribution is -0.136. The van der Waals surface area contributed by atoms with Crippen LogP contribution < -0.4 is 4.31 Å². The lowest BCUT2D eigenvalue weighted by atomic mass is 9.88. The highest BCUT2D eigenvalue weighted by Gasteiger charge is 2.34. The summed E-state index contributed by atoms with van der Waals surface area (Å²) in [7, 11) is -3.66. The van der Waals surface area contributed by atoms with Gasteiger partial charge >= 0.3 is 0 Å². The number of hydrogen-bond donors (Lipinski definition) is 0. The molecule has 0 aromatic heterocycles. The number of sulfonamides is 1. The SMILES string of the molecule is CS(=O)(=O)N(CC(=O)N(C1CCCCC1)C1CCCCC1)c1cccc(C#N)c1. The summed E-state index contributed by atoms with van der Waals surface area (Å²) in [5.41, 5.74) is 0.743. The van der Waals surface area contributed by atoms with E-state index >= 15 is 0 Å². The summed E-state index contributed by atoms with van der Waals surface area (Å²) in [6, 6.07) is 8.91. The minimum Gasteiger partial charge on any atom is -0.335 e. The minimum atomic E-state index is -3.66. The van der Waals surface area contributed by atoms with Gasteiger partial charge < -0.3 is 4.90 Å². The Balaban J connectivity index is 1.87. The van der Waals surface area contributed by atoms with Gasteiger partial charge in [0.05, 0.1) is 23.6 Å². The van der Waals surface area contributed by atoms with E-state index in [-0.39, 0.29) is 24.5 Å². The first-order chi connectivity index (χ1) is 13.9. The lowest BCUT2D eigenvalue weighted by Crippen LogP contribution is -2.52. The number of carbonyl (C=O) groups is 1. The Morgan fingerprint density at radius 2 is 1.59 bits per heavy atom. The molecule has 158 valence electrons. The third-order valence-electron chi connectivity index (χ3n) is 6.17. The van der Waals surface area contributed by atoms with E-state index in [0.29, 0.717) is 11.3 Å². The molecule has 0 unspecified atom stereocenters. The van der Waals surface area contributed by atoms with Gasteiger partial charge in [-0.15, -0.1) is 0 Å². The van der Waals surface area contributed by atoms with E-state index < -0.39 is 10.0 Å². The van der Waals surface area contributed by atoms with Gasteiger partial charge in [-0.25, -0.2) is 8.42 Å². The van der Waals surface area contributed by atoms with Crippen molar-refractivity contribution >= 4 is 21.6 Å². The van der Waals surface area contributed by atoms with Crippen LogP contribution in [0.4, 0.5) is 5.69 Å². The van der Waals surface area contributed by atoms with Crippen LogP contribution in [-0.2, 0) is 14.8 Å². The number of amides is 1. The Hall–Kier alpha value is -2.07. The van der Waals surface area contributed by atoms with E-state index in [1.54, 1.807) is 18.2 Å². The van der Waals surface area contributed by atoms with E-state index in [1.165, 1.54) is 18.9 Å². The molecule has 3 rings (SSSR count). The quantitative estimate of drug-likeness (QED) is 0.705. The fourth-order valence-electron chi connectivity index (χ4n) is 4.76. The van der Waals surface area contributed by atoms with Crippen LogP contribution in [0.3, 0.4) is 0 Å². The summed E-state index contributed by atoms with van der Waals surface area (Å²) in [4.78, 5) is 15.5. The van der Waals surface area contributed by atoms with Crippen LogP contribution in [0.25, 0.3) is 0 Å². The standard InChI is InChI=1S/C22H31N3O3S/c1-29(27,28)24(21-14-8-9-18(15-21)16-23)17-22(26)25(19-10-4-2-5-11-19)20-12-6-3-7-13-20/h8-9,14-15,19-20H,2-7,10-13,17H2,1H3. The second-order valence-corrected chi connectivity index (χ2v) is 10.2. The molecule has 0 spiro atoms. The summed E-state index contributed by atoms with van der Waals surface area (Å²) in [5, 5.41) is 9.16. The normalized spacial score (nSPS) is 18.8. The molecule has 6 nitrogen and oxygen atoms in total. The fraction of sp³-hybridized carbons (Fsp3) is 0.636. The van der Waals surface area contributed by atoms with Crippen molar-refractivity contribution in [1.29, 1.82) is 5.26 Å². The molecule has 2 saturated carbocycles. The summed E-state index contributed by atoms with van der Waals surface area (Å²) >= 11 is 0. The molecule has 2 fully saturated rings. The molecule has 1 aromatic rings. The molecule has 0 atom stereocenters. The smallest absolute Gasteiger partial charge is 0.243 e. The van der Waals surface area contributed by atoms with Crippen molar-refractivity contribution in [3.05, 3.63) is 29.8 Å². The molecule has 0 saturated heterocycles. The molecule has 0 radical (unpaired) electrons. The van der Waals surface area contributed by atoms with E-state index in [1.807, 2.05) is 11.0 Å². The van der Waals surface area contributed by atoms with Crippen LogP contribution >= 0.6 is 0 Å². The molecule has 7 heteroatoms. The maximum Gasteiger partial charge on any atom is 0.243 e. The number of rotatable bonds is 6. The zero-order valence-electron chi connectivity index (χ0n) is 17.2. The Morgan fingerprint density at radius 1 is 1.03 bits per heavy atom. The molecule has 2 aliphatic carbocycles. The van der Waals surface area contributed by atoms with Gasteiger partial charge in [-0.3, -0.25) is 9.10 Å². The number of nitriles is 1. The predicted octanol–water partition coefficient (Wildman–Crippen LogP) is 3.82. The van der Waals surface area contributed by atoms with Gasteiger partial charge in [0.2, 0.25) is 15.9 Å². The van der Waals surface area contributed by atoms with Crippen molar-refractivity contribution in [2.75, 3.05) is 17.1 Å². The fourth-order valence-corrected chi connectivity index (χ4v) is 5.60. The number of anilines is 1. The number of benzene rings is 1. The van der Waals surface area contributed by atoms with Crippen molar-refractivity contribution in [3.8, 4) is 6.07 Å². The largest absolute Gasteiger partial charge is 0.335 e. The molecule has 1 amide bonds. The van der Waals surface area contributed by atoms with Crippen molar-refractivity contribution in [2.24, 2.45) is 0 Å². The average molecular weight is 418 g/mol. The monoisotopic (exact) mass is 417 g/mol. The second-order valence-electron chi connectivity index (χ2n) is 8.32. The lowest BCUT2D eigenvalue weighted by Gasteiger charge is -2.42. The Morgan fingerprint density at radius 3 is 2.07 bits per heavy atom. The maximum absolute atomic E-state index is 13.5. The zero-order valence-corrected chi connectivity index (χ0v) is 18.0. The summed E-state index contributed by atoms with van der Waals surface area (Å²) in [5.74, 6) is -0.114. The topological polar surface area (TPSA) is 81.5 Å². The van der Waals surface area contributed by atoms with Crippen molar-refractivity contribution < 1.29 is 13.2 Å². The van der Waals surface area contributed by atoms with E-state index in [0.717, 1.165) is 61.9 Å². The summed E-state index contributed by atoms with van der Waals surface area (Å²) in [6.45, 7) is -0.208. The summed E-state index contributed by atoms with van der Waals surface area (Å²) < 4.78 is 26.2. The average Bonchev–Trinajstić information content (AvgIpc) is 2.73. The van der Waals surface area contributed by atoms with Crippen LogP contribution in [0.1, 0.15) is 69.8 Å². The Bertz CT molecular complexity index is 832. The van der Waals surface area contributed by atoms with Gasteiger partial charge in [-0.05, 0) is 43.9 Å². The van der Waals surface area contributed by atoms with Crippen molar-refractivity contribution in [2.45, 2.75) is 76.3 Å². The highest BCUT2D eigenvalue weighted by molar-refractivity contribution is 7.92. The van der Waals surface area contributed by atoms with Gasteiger partial charge in [0.1, 0.15) is 6.54 Å². The molecule has 0 heterocycles. The molecule has 0 N–H and O–H groups in total. The van der Waals surface area contributed by atoms with Crippen molar-refractivity contribution in [3.63, 3.8) is 0 Å². The van der Waals surface area contributed by atoms with Gasteiger partial charge in [-0.1, -0.05) is 44.6 Å². The first kappa shape index (κ1) is 21.6. The van der Waals surface area contributed by atoms with Gasteiger partial charge in [0.15, 0.2) is 0 Å². The number of carbonyl (C=O) groups excluding carboxylic acids is 1.